The van der Waals surface area contributed by atoms with Crippen molar-refractivity contribution in [3.8, 4) is 0 Å². The molecule has 2 aliphatic heterocycles. The summed E-state index contributed by atoms with van der Waals surface area (Å²) in [5.74, 6) is -0.770. The Morgan fingerprint density at radius 2 is 1.96 bits per heavy atom. The fourth-order valence-corrected chi connectivity index (χ4v) is 3.96. The van der Waals surface area contributed by atoms with E-state index in [2.05, 4.69) is 25.1 Å². The number of urea groups is 1. The van der Waals surface area contributed by atoms with Crippen LogP contribution in [0.2, 0.25) is 18.1 Å². The number of rotatable bonds is 6. The molecule has 0 aromatic heterocycles. The van der Waals surface area contributed by atoms with E-state index in [-0.39, 0.29) is 47.7 Å². The van der Waals surface area contributed by atoms with Crippen LogP contribution in [0, 0.1) is 0 Å². The predicted molar refractivity (Wildman–Crippen MR) is 92.7 cm³/mol. The Morgan fingerprint density at radius 3 is 2.41 bits per heavy atom. The van der Waals surface area contributed by atoms with Gasteiger partial charge in [-0.1, -0.05) is 26.8 Å². The summed E-state index contributed by atoms with van der Waals surface area (Å²) in [5, 5.41) is 0.392. The molecule has 2 atom stereocenters. The maximum atomic E-state index is 12.3. The van der Waals surface area contributed by atoms with Crippen LogP contribution in [-0.2, 0) is 23.9 Å². The zero-order chi connectivity index (χ0) is 20.1. The van der Waals surface area contributed by atoms with Gasteiger partial charge < -0.3 is 19.6 Å². The first-order valence-electron chi connectivity index (χ1n) is 8.03. The minimum atomic E-state index is -5.13. The van der Waals surface area contributed by atoms with Gasteiger partial charge in [0.1, 0.15) is 6.04 Å². The Labute approximate surface area is 182 Å². The second-order valence-corrected chi connectivity index (χ2v) is 13.7. The topological polar surface area (TPSA) is 142 Å². The molecule has 0 aromatic carbocycles. The van der Waals surface area contributed by atoms with Crippen molar-refractivity contribution in [1.82, 2.24) is 9.96 Å². The van der Waals surface area contributed by atoms with Crippen molar-refractivity contribution < 1.29 is 60.8 Å². The first kappa shape index (κ1) is 24.6. The quantitative estimate of drug-likeness (QED) is 0.210. The molecule has 13 heteroatoms. The number of carbonyl (C=O) groups is 2. The van der Waals surface area contributed by atoms with Gasteiger partial charge in [0.05, 0.1) is 19.2 Å². The van der Waals surface area contributed by atoms with Gasteiger partial charge in [0.15, 0.2) is 8.32 Å². The molecule has 27 heavy (non-hydrogen) atoms. The number of nitrogens with two attached hydrogens (primary N) is 1. The van der Waals surface area contributed by atoms with E-state index < -0.39 is 42.7 Å². The van der Waals surface area contributed by atoms with E-state index in [9.17, 15) is 22.6 Å². The SMILES string of the molecule is CC(C)(C)[Si](C)(C)OCC1=C[C@@H]2CN(C(=O)N2OS(=O)(=O)[O-])[C@@H]1C(N)=O.[Na+]. The zero-order valence-electron chi connectivity index (χ0n) is 16.4. The summed E-state index contributed by atoms with van der Waals surface area (Å²) in [7, 11) is -7.27. The van der Waals surface area contributed by atoms with Gasteiger partial charge in [-0.3, -0.25) is 4.79 Å². The molecule has 2 aliphatic rings. The Kier molecular flexibility index (Phi) is 7.37. The van der Waals surface area contributed by atoms with Crippen molar-refractivity contribution in [2.75, 3.05) is 13.2 Å². The molecular weight excluding hydrogens is 405 g/mol. The first-order chi connectivity index (χ1) is 11.6. The van der Waals surface area contributed by atoms with Crippen molar-refractivity contribution >= 4 is 30.7 Å². The second-order valence-electron chi connectivity index (χ2n) is 7.91. The molecule has 2 N–H and O–H groups in total. The molecule has 2 bridgehead atoms. The fourth-order valence-electron chi connectivity index (χ4n) is 2.63. The van der Waals surface area contributed by atoms with E-state index in [1.54, 1.807) is 0 Å². The second kappa shape index (κ2) is 8.11. The van der Waals surface area contributed by atoms with E-state index in [0.717, 1.165) is 4.90 Å². The van der Waals surface area contributed by atoms with Gasteiger partial charge in [-0.15, -0.1) is 0 Å². The van der Waals surface area contributed by atoms with Crippen LogP contribution in [0.1, 0.15) is 20.8 Å². The predicted octanol–water partition coefficient (Wildman–Crippen LogP) is -2.70. The van der Waals surface area contributed by atoms with Crippen LogP contribution < -0.4 is 35.3 Å². The summed E-state index contributed by atoms with van der Waals surface area (Å²) >= 11 is 0. The molecule has 2 rings (SSSR count). The van der Waals surface area contributed by atoms with E-state index in [1.165, 1.54) is 6.08 Å². The Hall–Kier alpha value is -0.473. The first-order valence-corrected chi connectivity index (χ1v) is 12.3. The van der Waals surface area contributed by atoms with E-state index >= 15 is 0 Å². The van der Waals surface area contributed by atoms with E-state index in [4.69, 9.17) is 10.2 Å². The molecule has 2 heterocycles. The zero-order valence-corrected chi connectivity index (χ0v) is 20.2. The molecule has 1 saturated heterocycles. The number of fused-ring (bicyclic) bond motifs is 2. The summed E-state index contributed by atoms with van der Waals surface area (Å²) in [6.07, 6.45) is 1.51. The molecule has 0 unspecified atom stereocenters. The van der Waals surface area contributed by atoms with Crippen LogP contribution >= 0.6 is 0 Å². The van der Waals surface area contributed by atoms with Gasteiger partial charge in [-0.05, 0) is 23.7 Å². The average molecular weight is 430 g/mol. The van der Waals surface area contributed by atoms with Crippen LogP contribution in [0.5, 0.6) is 0 Å². The smallest absolute Gasteiger partial charge is 0.724 e. The Bertz CT molecular complexity index is 750. The molecule has 0 saturated carbocycles. The van der Waals surface area contributed by atoms with Crippen molar-refractivity contribution in [3.63, 3.8) is 0 Å². The molecule has 3 amide bonds. The normalized spacial score (nSPS) is 23.2. The number of hydrogen-bond donors (Lipinski definition) is 1. The summed E-state index contributed by atoms with van der Waals surface area (Å²) in [6, 6.07) is -2.80. The number of amides is 3. The molecule has 0 aromatic rings. The van der Waals surface area contributed by atoms with Crippen LogP contribution in [0.25, 0.3) is 0 Å². The Morgan fingerprint density at radius 1 is 1.41 bits per heavy atom. The maximum absolute atomic E-state index is 12.3. The average Bonchev–Trinajstić information content (AvgIpc) is 2.67. The minimum Gasteiger partial charge on any atom is -0.724 e. The molecule has 0 aliphatic carbocycles. The molecule has 148 valence electrons. The minimum absolute atomic E-state index is 0. The Balaban J connectivity index is 0.00000364. The van der Waals surface area contributed by atoms with Crippen molar-refractivity contribution in [2.45, 2.75) is 51.0 Å². The molecule has 10 nitrogen and oxygen atoms in total. The van der Waals surface area contributed by atoms with Gasteiger partial charge in [0.2, 0.25) is 16.3 Å². The van der Waals surface area contributed by atoms with E-state index in [0.29, 0.717) is 10.6 Å². The summed E-state index contributed by atoms with van der Waals surface area (Å²) < 4.78 is 42.9. The summed E-state index contributed by atoms with van der Waals surface area (Å²) in [6.45, 7) is 10.3. The monoisotopic (exact) mass is 429 g/mol. The molecule has 0 radical (unpaired) electrons. The number of nitrogens with zero attached hydrogens (tertiary/aromatic N) is 2. The summed E-state index contributed by atoms with van der Waals surface area (Å²) in [4.78, 5) is 25.3. The van der Waals surface area contributed by atoms with Crippen molar-refractivity contribution in [3.05, 3.63) is 11.6 Å². The van der Waals surface area contributed by atoms with Crippen molar-refractivity contribution in [1.29, 1.82) is 0 Å². The summed E-state index contributed by atoms with van der Waals surface area (Å²) in [5.41, 5.74) is 5.89. The molecule has 0 spiro atoms. The third-order valence-electron chi connectivity index (χ3n) is 5.04. The fraction of sp³-hybridized carbons (Fsp3) is 0.714. The standard InChI is InChI=1S/C14H25N3O7SSi.Na/c1-14(2,3)26(4,5)23-8-9-6-10-7-16(11(9)12(15)18)13(19)17(10)24-25(20,21)22;/h6,10-11H,7-8H2,1-5H3,(H2,15,18)(H,20,21,22);/q;+1/p-1/t10-,11+;/m1./s1. The van der Waals surface area contributed by atoms with Crippen LogP contribution in [0.4, 0.5) is 4.79 Å². The van der Waals surface area contributed by atoms with Crippen molar-refractivity contribution in [2.24, 2.45) is 5.73 Å². The van der Waals surface area contributed by atoms with Gasteiger partial charge in [-0.25, -0.2) is 13.2 Å². The van der Waals surface area contributed by atoms with Crippen LogP contribution in [0.3, 0.4) is 0 Å². The van der Waals surface area contributed by atoms with Gasteiger partial charge in [0, 0.05) is 0 Å². The van der Waals surface area contributed by atoms with Gasteiger partial charge in [0.25, 0.3) is 0 Å². The molecule has 1 fully saturated rings. The van der Waals surface area contributed by atoms with E-state index in [1.807, 2.05) is 13.1 Å². The molecular formula is C14H24N3NaO7SSi. The largest absolute Gasteiger partial charge is 1.00 e. The van der Waals surface area contributed by atoms with Gasteiger partial charge >= 0.3 is 35.6 Å². The van der Waals surface area contributed by atoms with Gasteiger partial charge in [-0.2, -0.15) is 9.35 Å². The number of hydroxylamine groups is 2. The number of carbonyl (C=O) groups excluding carboxylic acids is 2. The maximum Gasteiger partial charge on any atom is 1.00 e. The van der Waals surface area contributed by atoms with Crippen LogP contribution in [-0.4, -0.2) is 68.4 Å². The third-order valence-corrected chi connectivity index (χ3v) is 9.86. The number of hydrogen-bond acceptors (Lipinski definition) is 7. The van der Waals surface area contributed by atoms with Crippen LogP contribution in [0.15, 0.2) is 11.6 Å². The third kappa shape index (κ3) is 5.32. The number of primary amides is 1.